The molecule has 29 heavy (non-hydrogen) atoms. The van der Waals surface area contributed by atoms with Gasteiger partial charge in [0.25, 0.3) is 11.8 Å². The van der Waals surface area contributed by atoms with Crippen molar-refractivity contribution in [2.24, 2.45) is 4.99 Å². The summed E-state index contributed by atoms with van der Waals surface area (Å²) >= 11 is 0. The zero-order valence-electron chi connectivity index (χ0n) is 16.8. The smallest absolute Gasteiger partial charge is 0.278 e. The van der Waals surface area contributed by atoms with Gasteiger partial charge >= 0.3 is 0 Å². The number of fused-ring (bicyclic) bond motifs is 2. The minimum absolute atomic E-state index is 0.0887. The zero-order valence-corrected chi connectivity index (χ0v) is 16.8. The SMILES string of the molecule is CCCCCCCCC(C1=NC(=O)c2ccccc21)=C1NC(=O)c2ccccc21. The van der Waals surface area contributed by atoms with Gasteiger partial charge in [-0.25, -0.2) is 4.99 Å². The Morgan fingerprint density at radius 2 is 1.41 bits per heavy atom. The van der Waals surface area contributed by atoms with E-state index in [1.165, 1.54) is 25.7 Å². The molecule has 4 nitrogen and oxygen atoms in total. The number of hydrogen-bond acceptors (Lipinski definition) is 2. The Labute approximate surface area is 171 Å². The first-order valence-corrected chi connectivity index (χ1v) is 10.6. The molecule has 0 bridgehead atoms. The van der Waals surface area contributed by atoms with Crippen molar-refractivity contribution in [3.8, 4) is 0 Å². The van der Waals surface area contributed by atoms with Gasteiger partial charge in [-0.2, -0.15) is 0 Å². The molecular weight excluding hydrogens is 360 g/mol. The number of rotatable bonds is 8. The minimum Gasteiger partial charge on any atom is -0.321 e. The van der Waals surface area contributed by atoms with E-state index < -0.39 is 0 Å². The van der Waals surface area contributed by atoms with E-state index in [-0.39, 0.29) is 11.8 Å². The number of unbranched alkanes of at least 4 members (excludes halogenated alkanes) is 5. The van der Waals surface area contributed by atoms with Crippen LogP contribution in [0.5, 0.6) is 0 Å². The van der Waals surface area contributed by atoms with Gasteiger partial charge < -0.3 is 5.32 Å². The van der Waals surface area contributed by atoms with E-state index in [0.717, 1.165) is 41.7 Å². The van der Waals surface area contributed by atoms with Crippen molar-refractivity contribution in [3.63, 3.8) is 0 Å². The van der Waals surface area contributed by atoms with Gasteiger partial charge in [-0.05, 0) is 25.0 Å². The number of amides is 2. The van der Waals surface area contributed by atoms with Crippen LogP contribution in [0.2, 0.25) is 0 Å². The molecule has 2 aromatic carbocycles. The van der Waals surface area contributed by atoms with Crippen LogP contribution in [0, 0.1) is 0 Å². The monoisotopic (exact) mass is 386 g/mol. The molecule has 0 aliphatic carbocycles. The van der Waals surface area contributed by atoms with E-state index in [1.807, 2.05) is 48.5 Å². The summed E-state index contributed by atoms with van der Waals surface area (Å²) < 4.78 is 0. The lowest BCUT2D eigenvalue weighted by atomic mass is 9.92. The summed E-state index contributed by atoms with van der Waals surface area (Å²) in [5.41, 5.74) is 5.58. The Balaban J connectivity index is 1.70. The van der Waals surface area contributed by atoms with Gasteiger partial charge in [-0.15, -0.1) is 0 Å². The fraction of sp³-hybridized carbons (Fsp3) is 0.320. The second-order valence-corrected chi connectivity index (χ2v) is 7.68. The average molecular weight is 386 g/mol. The Hall–Kier alpha value is -3.01. The van der Waals surface area contributed by atoms with Gasteiger partial charge in [0, 0.05) is 22.3 Å². The molecule has 2 aliphatic rings. The number of nitrogens with one attached hydrogen (secondary N) is 1. The summed E-state index contributed by atoms with van der Waals surface area (Å²) in [7, 11) is 0. The van der Waals surface area contributed by atoms with E-state index in [2.05, 4.69) is 17.2 Å². The summed E-state index contributed by atoms with van der Waals surface area (Å²) in [5, 5.41) is 3.05. The Kier molecular flexibility index (Phi) is 5.70. The molecule has 0 saturated heterocycles. The Bertz CT molecular complexity index is 1020. The highest BCUT2D eigenvalue weighted by atomic mass is 16.2. The van der Waals surface area contributed by atoms with Crippen molar-refractivity contribution < 1.29 is 9.59 Å². The highest BCUT2D eigenvalue weighted by Gasteiger charge is 2.31. The van der Waals surface area contributed by atoms with Crippen LogP contribution >= 0.6 is 0 Å². The molecule has 0 fully saturated rings. The number of hydrogen-bond donors (Lipinski definition) is 1. The zero-order chi connectivity index (χ0) is 20.2. The fourth-order valence-electron chi connectivity index (χ4n) is 4.16. The van der Waals surface area contributed by atoms with E-state index in [1.54, 1.807) is 0 Å². The Morgan fingerprint density at radius 3 is 2.17 bits per heavy atom. The van der Waals surface area contributed by atoms with Crippen LogP contribution < -0.4 is 5.32 Å². The summed E-state index contributed by atoms with van der Waals surface area (Å²) in [5.74, 6) is -0.288. The molecule has 4 heteroatoms. The van der Waals surface area contributed by atoms with Crippen LogP contribution in [-0.4, -0.2) is 17.5 Å². The van der Waals surface area contributed by atoms with Gasteiger partial charge in [0.15, 0.2) is 0 Å². The second-order valence-electron chi connectivity index (χ2n) is 7.68. The molecule has 2 aliphatic heterocycles. The van der Waals surface area contributed by atoms with Crippen molar-refractivity contribution in [1.29, 1.82) is 0 Å². The predicted molar refractivity (Wildman–Crippen MR) is 116 cm³/mol. The maximum Gasteiger partial charge on any atom is 0.278 e. The molecule has 2 heterocycles. The first-order chi connectivity index (χ1) is 14.2. The lowest BCUT2D eigenvalue weighted by molar-refractivity contribution is 0.0978. The van der Waals surface area contributed by atoms with Crippen LogP contribution in [0.15, 0.2) is 59.1 Å². The third-order valence-electron chi connectivity index (χ3n) is 5.67. The molecule has 0 atom stereocenters. The van der Waals surface area contributed by atoms with Crippen molar-refractivity contribution in [2.75, 3.05) is 0 Å². The van der Waals surface area contributed by atoms with Crippen molar-refractivity contribution in [3.05, 3.63) is 76.4 Å². The molecule has 0 aromatic heterocycles. The first kappa shape index (κ1) is 19.3. The summed E-state index contributed by atoms with van der Waals surface area (Å²) in [6.07, 6.45) is 7.90. The van der Waals surface area contributed by atoms with Crippen molar-refractivity contribution in [2.45, 2.75) is 51.9 Å². The Morgan fingerprint density at radius 1 is 0.793 bits per heavy atom. The van der Waals surface area contributed by atoms with Gasteiger partial charge in [0.05, 0.1) is 17.0 Å². The van der Waals surface area contributed by atoms with Crippen molar-refractivity contribution >= 4 is 23.2 Å². The van der Waals surface area contributed by atoms with E-state index in [4.69, 9.17) is 0 Å². The topological polar surface area (TPSA) is 58.5 Å². The molecule has 0 unspecified atom stereocenters. The molecule has 2 aromatic rings. The van der Waals surface area contributed by atoms with Gasteiger partial charge in [-0.1, -0.05) is 75.4 Å². The van der Waals surface area contributed by atoms with E-state index in [0.29, 0.717) is 16.8 Å². The molecule has 0 spiro atoms. The van der Waals surface area contributed by atoms with E-state index >= 15 is 0 Å². The second kappa shape index (κ2) is 8.56. The number of aliphatic imine (C=N–C) groups is 1. The fourth-order valence-corrected chi connectivity index (χ4v) is 4.16. The van der Waals surface area contributed by atoms with E-state index in [9.17, 15) is 9.59 Å². The number of carbonyl (C=O) groups excluding carboxylic acids is 2. The van der Waals surface area contributed by atoms with Gasteiger partial charge in [-0.3, -0.25) is 9.59 Å². The molecule has 4 rings (SSSR count). The lowest BCUT2D eigenvalue weighted by Crippen LogP contribution is -2.17. The van der Waals surface area contributed by atoms with Crippen molar-refractivity contribution in [1.82, 2.24) is 5.32 Å². The van der Waals surface area contributed by atoms with Crippen LogP contribution in [0.4, 0.5) is 0 Å². The highest BCUT2D eigenvalue weighted by Crippen LogP contribution is 2.33. The molecular formula is C25H26N2O2. The van der Waals surface area contributed by atoms with Crippen LogP contribution in [-0.2, 0) is 0 Å². The molecule has 0 radical (unpaired) electrons. The number of benzene rings is 2. The number of allylic oxidation sites excluding steroid dienone is 1. The third kappa shape index (κ3) is 3.80. The first-order valence-electron chi connectivity index (χ1n) is 10.6. The maximum absolute atomic E-state index is 12.5. The lowest BCUT2D eigenvalue weighted by Gasteiger charge is -2.13. The number of nitrogens with zero attached hydrogens (tertiary/aromatic N) is 1. The largest absolute Gasteiger partial charge is 0.321 e. The summed E-state index contributed by atoms with van der Waals surface area (Å²) in [4.78, 5) is 29.4. The molecule has 0 saturated carbocycles. The molecule has 1 N–H and O–H groups in total. The quantitative estimate of drug-likeness (QED) is 0.606. The van der Waals surface area contributed by atoms with Crippen LogP contribution in [0.1, 0.15) is 83.7 Å². The average Bonchev–Trinajstić information content (AvgIpc) is 3.26. The standard InChI is InChI=1S/C25H26N2O2/c1-2-3-4-5-6-7-16-21(22-17-12-8-10-14-19(17)24(28)26-22)23-18-13-9-11-15-20(18)25(29)27-23/h8-15H,2-7,16H2,1H3,(H,26,28). The predicted octanol–water partition coefficient (Wildman–Crippen LogP) is 5.53. The maximum atomic E-state index is 12.5. The minimum atomic E-state index is -0.200. The van der Waals surface area contributed by atoms with Crippen LogP contribution in [0.3, 0.4) is 0 Å². The summed E-state index contributed by atoms with van der Waals surface area (Å²) in [6.45, 7) is 2.22. The van der Waals surface area contributed by atoms with Crippen LogP contribution in [0.25, 0.3) is 5.70 Å². The van der Waals surface area contributed by atoms with Gasteiger partial charge in [0.1, 0.15) is 0 Å². The molecule has 2 amide bonds. The van der Waals surface area contributed by atoms with Gasteiger partial charge in [0.2, 0.25) is 0 Å². The highest BCUT2D eigenvalue weighted by molar-refractivity contribution is 6.30. The molecule has 148 valence electrons. The number of carbonyl (C=O) groups is 2. The normalized spacial score (nSPS) is 16.4. The third-order valence-corrected chi connectivity index (χ3v) is 5.67. The summed E-state index contributed by atoms with van der Waals surface area (Å²) in [6, 6.07) is 15.2.